The average molecular weight is 272 g/mol. The van der Waals surface area contributed by atoms with Gasteiger partial charge in [0.1, 0.15) is 11.6 Å². The van der Waals surface area contributed by atoms with Gasteiger partial charge in [-0.2, -0.15) is 0 Å². The van der Waals surface area contributed by atoms with E-state index in [-0.39, 0.29) is 5.82 Å². The Balaban J connectivity index is 1.86. The van der Waals surface area contributed by atoms with Crippen LogP contribution in [-0.2, 0) is 0 Å². The Labute approximate surface area is 117 Å². The van der Waals surface area contributed by atoms with Gasteiger partial charge in [-0.05, 0) is 25.2 Å². The number of piperazine rings is 1. The maximum Gasteiger partial charge on any atom is 0.161 e. The van der Waals surface area contributed by atoms with E-state index < -0.39 is 0 Å². The zero-order chi connectivity index (χ0) is 13.9. The third kappa shape index (κ3) is 2.77. The minimum atomic E-state index is -0.267. The highest BCUT2D eigenvalue weighted by molar-refractivity contribution is 5.57. The Morgan fingerprint density at radius 2 is 1.90 bits per heavy atom. The second-order valence-corrected chi connectivity index (χ2v) is 5.04. The number of benzene rings is 1. The predicted octanol–water partition coefficient (Wildman–Crippen LogP) is 2.03. The third-order valence-electron chi connectivity index (χ3n) is 3.55. The van der Waals surface area contributed by atoms with Crippen molar-refractivity contribution in [3.05, 3.63) is 42.3 Å². The summed E-state index contributed by atoms with van der Waals surface area (Å²) in [5.41, 5.74) is 0.709. The van der Waals surface area contributed by atoms with Crippen LogP contribution in [0, 0.1) is 5.82 Å². The molecule has 1 aromatic heterocycles. The number of rotatable bonds is 2. The number of nitrogens with zero attached hydrogens (tertiary/aromatic N) is 4. The standard InChI is InChI=1S/C15H17FN4/c1-19-7-9-20(10-8-19)14-5-6-17-15(18-14)12-3-2-4-13(16)11-12/h2-6,11H,7-10H2,1H3. The van der Waals surface area contributed by atoms with Gasteiger partial charge in [0.05, 0.1) is 0 Å². The van der Waals surface area contributed by atoms with Crippen LogP contribution >= 0.6 is 0 Å². The van der Waals surface area contributed by atoms with E-state index in [1.165, 1.54) is 12.1 Å². The minimum Gasteiger partial charge on any atom is -0.354 e. The van der Waals surface area contributed by atoms with E-state index in [9.17, 15) is 4.39 Å². The smallest absolute Gasteiger partial charge is 0.161 e. The Morgan fingerprint density at radius 1 is 1.10 bits per heavy atom. The molecule has 0 bridgehead atoms. The molecule has 0 atom stereocenters. The molecular weight excluding hydrogens is 255 g/mol. The van der Waals surface area contributed by atoms with Crippen molar-refractivity contribution in [2.24, 2.45) is 0 Å². The van der Waals surface area contributed by atoms with Gasteiger partial charge in [0.25, 0.3) is 0 Å². The summed E-state index contributed by atoms with van der Waals surface area (Å²) in [4.78, 5) is 13.3. The zero-order valence-electron chi connectivity index (χ0n) is 11.5. The lowest BCUT2D eigenvalue weighted by Crippen LogP contribution is -2.44. The zero-order valence-corrected chi connectivity index (χ0v) is 11.5. The molecule has 1 fully saturated rings. The summed E-state index contributed by atoms with van der Waals surface area (Å²) < 4.78 is 13.3. The van der Waals surface area contributed by atoms with Crippen molar-refractivity contribution >= 4 is 5.82 Å². The lowest BCUT2D eigenvalue weighted by Gasteiger charge is -2.33. The normalized spacial score (nSPS) is 16.4. The van der Waals surface area contributed by atoms with Crippen molar-refractivity contribution in [2.45, 2.75) is 0 Å². The van der Waals surface area contributed by atoms with Crippen LogP contribution < -0.4 is 4.90 Å². The summed E-state index contributed by atoms with van der Waals surface area (Å²) in [6.07, 6.45) is 1.74. The lowest BCUT2D eigenvalue weighted by atomic mass is 10.2. The molecule has 0 N–H and O–H groups in total. The molecular formula is C15H17FN4. The molecule has 104 valence electrons. The molecule has 1 saturated heterocycles. The Morgan fingerprint density at radius 3 is 2.65 bits per heavy atom. The van der Waals surface area contributed by atoms with Crippen LogP contribution in [-0.4, -0.2) is 48.1 Å². The van der Waals surface area contributed by atoms with Crippen molar-refractivity contribution in [2.75, 3.05) is 38.1 Å². The van der Waals surface area contributed by atoms with Crippen LogP contribution in [0.1, 0.15) is 0 Å². The largest absolute Gasteiger partial charge is 0.354 e. The van der Waals surface area contributed by atoms with Crippen molar-refractivity contribution in [1.29, 1.82) is 0 Å². The fourth-order valence-corrected chi connectivity index (χ4v) is 2.33. The fraction of sp³-hybridized carbons (Fsp3) is 0.333. The number of likely N-dealkylation sites (N-methyl/N-ethyl adjacent to an activating group) is 1. The van der Waals surface area contributed by atoms with Crippen molar-refractivity contribution in [1.82, 2.24) is 14.9 Å². The average Bonchev–Trinajstić information content (AvgIpc) is 2.48. The number of hydrogen-bond acceptors (Lipinski definition) is 4. The highest BCUT2D eigenvalue weighted by atomic mass is 19.1. The summed E-state index contributed by atoms with van der Waals surface area (Å²) in [7, 11) is 2.12. The lowest BCUT2D eigenvalue weighted by molar-refractivity contribution is 0.312. The maximum atomic E-state index is 13.3. The van der Waals surface area contributed by atoms with Gasteiger partial charge in [-0.3, -0.25) is 0 Å². The number of halogens is 1. The minimum absolute atomic E-state index is 0.267. The molecule has 0 saturated carbocycles. The summed E-state index contributed by atoms with van der Waals surface area (Å²) in [6, 6.07) is 8.30. The summed E-state index contributed by atoms with van der Waals surface area (Å²) in [5.74, 6) is 1.21. The van der Waals surface area contributed by atoms with Crippen molar-refractivity contribution in [3.63, 3.8) is 0 Å². The topological polar surface area (TPSA) is 32.3 Å². The first-order chi connectivity index (χ1) is 9.72. The van der Waals surface area contributed by atoms with Crippen molar-refractivity contribution in [3.8, 4) is 11.4 Å². The SMILES string of the molecule is CN1CCN(c2ccnc(-c3cccc(F)c3)n2)CC1. The molecule has 1 aliphatic rings. The number of aromatic nitrogens is 2. The molecule has 1 aliphatic heterocycles. The molecule has 2 aromatic rings. The summed E-state index contributed by atoms with van der Waals surface area (Å²) in [5, 5.41) is 0. The van der Waals surface area contributed by atoms with Crippen LogP contribution in [0.2, 0.25) is 0 Å². The van der Waals surface area contributed by atoms with Crippen LogP contribution in [0.4, 0.5) is 10.2 Å². The molecule has 20 heavy (non-hydrogen) atoms. The van der Waals surface area contributed by atoms with Gasteiger partial charge in [0, 0.05) is 37.9 Å². The van der Waals surface area contributed by atoms with Crippen LogP contribution in [0.5, 0.6) is 0 Å². The highest BCUT2D eigenvalue weighted by Crippen LogP contribution is 2.19. The highest BCUT2D eigenvalue weighted by Gasteiger charge is 2.16. The van der Waals surface area contributed by atoms with Gasteiger partial charge in [-0.25, -0.2) is 14.4 Å². The first-order valence-electron chi connectivity index (χ1n) is 6.75. The van der Waals surface area contributed by atoms with E-state index >= 15 is 0 Å². The first-order valence-corrected chi connectivity index (χ1v) is 6.75. The Hall–Kier alpha value is -2.01. The van der Waals surface area contributed by atoms with E-state index in [4.69, 9.17) is 0 Å². The van der Waals surface area contributed by atoms with Crippen LogP contribution in [0.3, 0.4) is 0 Å². The number of anilines is 1. The second kappa shape index (κ2) is 5.54. The van der Waals surface area contributed by atoms with E-state index in [2.05, 4.69) is 26.8 Å². The van der Waals surface area contributed by atoms with Gasteiger partial charge in [-0.1, -0.05) is 12.1 Å². The van der Waals surface area contributed by atoms with Gasteiger partial charge >= 0.3 is 0 Å². The molecule has 0 aliphatic carbocycles. The van der Waals surface area contributed by atoms with E-state index in [1.807, 2.05) is 12.1 Å². The molecule has 2 heterocycles. The Kier molecular flexibility index (Phi) is 3.60. The molecule has 1 aromatic carbocycles. The predicted molar refractivity (Wildman–Crippen MR) is 77.1 cm³/mol. The van der Waals surface area contributed by atoms with Crippen LogP contribution in [0.25, 0.3) is 11.4 Å². The van der Waals surface area contributed by atoms with Gasteiger partial charge in [0.2, 0.25) is 0 Å². The molecule has 0 unspecified atom stereocenters. The summed E-state index contributed by atoms with van der Waals surface area (Å²) in [6.45, 7) is 3.96. The number of hydrogen-bond donors (Lipinski definition) is 0. The van der Waals surface area contributed by atoms with Crippen molar-refractivity contribution < 1.29 is 4.39 Å². The first kappa shape index (κ1) is 13.0. The molecule has 0 amide bonds. The van der Waals surface area contributed by atoms with Gasteiger partial charge < -0.3 is 9.80 Å². The third-order valence-corrected chi connectivity index (χ3v) is 3.55. The second-order valence-electron chi connectivity index (χ2n) is 5.04. The fourth-order valence-electron chi connectivity index (χ4n) is 2.33. The maximum absolute atomic E-state index is 13.3. The molecule has 0 radical (unpaired) electrons. The van der Waals surface area contributed by atoms with E-state index in [0.29, 0.717) is 11.4 Å². The molecule has 0 spiro atoms. The van der Waals surface area contributed by atoms with Gasteiger partial charge in [0.15, 0.2) is 5.82 Å². The summed E-state index contributed by atoms with van der Waals surface area (Å²) >= 11 is 0. The molecule has 4 nitrogen and oxygen atoms in total. The molecule has 5 heteroatoms. The van der Waals surface area contributed by atoms with Crippen LogP contribution in [0.15, 0.2) is 36.5 Å². The van der Waals surface area contributed by atoms with E-state index in [1.54, 1.807) is 12.3 Å². The molecule has 3 rings (SSSR count). The Bertz CT molecular complexity index is 594. The van der Waals surface area contributed by atoms with E-state index in [0.717, 1.165) is 32.0 Å². The van der Waals surface area contributed by atoms with Gasteiger partial charge in [-0.15, -0.1) is 0 Å². The quantitative estimate of drug-likeness (QED) is 0.837. The monoisotopic (exact) mass is 272 g/mol.